The van der Waals surface area contributed by atoms with Crippen LogP contribution in [0.2, 0.25) is 0 Å². The molecule has 0 amide bonds. The van der Waals surface area contributed by atoms with Crippen LogP contribution in [0.15, 0.2) is 29.2 Å². The molecule has 4 heteroatoms. The lowest BCUT2D eigenvalue weighted by Gasteiger charge is -2.31. The number of hydrogen-bond donors (Lipinski definition) is 1. The summed E-state index contributed by atoms with van der Waals surface area (Å²) in [6, 6.07) is 7.12. The number of aryl methyl sites for hydroxylation is 1. The Kier molecular flexibility index (Phi) is 2.56. The van der Waals surface area contributed by atoms with E-state index in [1.807, 2.05) is 13.0 Å². The van der Waals surface area contributed by atoms with E-state index >= 15 is 0 Å². The van der Waals surface area contributed by atoms with Crippen molar-refractivity contribution in [2.75, 3.05) is 0 Å². The third kappa shape index (κ3) is 1.92. The molecule has 0 bridgehead atoms. The molecule has 15 heavy (non-hydrogen) atoms. The summed E-state index contributed by atoms with van der Waals surface area (Å²) in [7, 11) is -3.14. The molecular weight excluding hydrogens is 210 g/mol. The maximum Gasteiger partial charge on any atom is 0.181 e. The van der Waals surface area contributed by atoms with Crippen LogP contribution in [0, 0.1) is 6.92 Å². The molecule has 0 radical (unpaired) electrons. The van der Waals surface area contributed by atoms with Crippen molar-refractivity contribution in [3.8, 4) is 0 Å². The molecule has 1 aromatic rings. The van der Waals surface area contributed by atoms with E-state index in [9.17, 15) is 8.42 Å². The largest absolute Gasteiger partial charge is 0.328 e. The lowest BCUT2D eigenvalue weighted by molar-refractivity contribution is 0.409. The van der Waals surface area contributed by atoms with Crippen molar-refractivity contribution < 1.29 is 8.42 Å². The molecule has 2 N–H and O–H groups in total. The van der Waals surface area contributed by atoms with Crippen LogP contribution in [0.25, 0.3) is 0 Å². The average Bonchev–Trinajstić information content (AvgIpc) is 2.13. The minimum atomic E-state index is -3.14. The molecule has 0 saturated heterocycles. The molecule has 3 nitrogen and oxygen atoms in total. The van der Waals surface area contributed by atoms with Crippen molar-refractivity contribution in [1.29, 1.82) is 0 Å². The first-order chi connectivity index (χ1) is 7.00. The van der Waals surface area contributed by atoms with Crippen molar-refractivity contribution in [2.45, 2.75) is 36.0 Å². The minimum Gasteiger partial charge on any atom is -0.328 e. The van der Waals surface area contributed by atoms with Gasteiger partial charge in [-0.25, -0.2) is 8.42 Å². The van der Waals surface area contributed by atoms with Crippen LogP contribution in [-0.4, -0.2) is 19.7 Å². The second kappa shape index (κ2) is 3.61. The average molecular weight is 225 g/mol. The maximum atomic E-state index is 12.1. The number of hydrogen-bond acceptors (Lipinski definition) is 3. The molecule has 1 aliphatic carbocycles. The SMILES string of the molecule is Cc1cccc(S(=O)(=O)C2CC(N)C2)c1. The number of nitrogens with two attached hydrogens (primary N) is 1. The second-order valence-corrected chi connectivity index (χ2v) is 6.44. The Labute approximate surface area is 90.2 Å². The molecule has 1 aromatic carbocycles. The van der Waals surface area contributed by atoms with E-state index in [0.717, 1.165) is 5.56 Å². The Hall–Kier alpha value is -0.870. The van der Waals surface area contributed by atoms with Crippen molar-refractivity contribution in [3.63, 3.8) is 0 Å². The van der Waals surface area contributed by atoms with Gasteiger partial charge in [-0.05, 0) is 37.5 Å². The van der Waals surface area contributed by atoms with Gasteiger partial charge in [0.1, 0.15) is 0 Å². The smallest absolute Gasteiger partial charge is 0.181 e. The van der Waals surface area contributed by atoms with Gasteiger partial charge in [0.2, 0.25) is 0 Å². The molecule has 0 aliphatic heterocycles. The predicted octanol–water partition coefficient (Wildman–Crippen LogP) is 1.26. The van der Waals surface area contributed by atoms with Crippen molar-refractivity contribution in [3.05, 3.63) is 29.8 Å². The highest BCUT2D eigenvalue weighted by Crippen LogP contribution is 2.30. The third-order valence-electron chi connectivity index (χ3n) is 2.89. The van der Waals surface area contributed by atoms with Crippen molar-refractivity contribution in [2.24, 2.45) is 5.73 Å². The van der Waals surface area contributed by atoms with E-state index in [2.05, 4.69) is 0 Å². The fourth-order valence-electron chi connectivity index (χ4n) is 1.84. The highest BCUT2D eigenvalue weighted by molar-refractivity contribution is 7.92. The molecule has 2 rings (SSSR count). The van der Waals surface area contributed by atoms with Crippen molar-refractivity contribution >= 4 is 9.84 Å². The van der Waals surface area contributed by atoms with Gasteiger partial charge in [-0.15, -0.1) is 0 Å². The number of rotatable bonds is 2. The van der Waals surface area contributed by atoms with Gasteiger partial charge in [0.25, 0.3) is 0 Å². The lowest BCUT2D eigenvalue weighted by atomic mass is 9.93. The standard InChI is InChI=1S/C11H15NO2S/c1-8-3-2-4-10(5-8)15(13,14)11-6-9(12)7-11/h2-5,9,11H,6-7,12H2,1H3. The van der Waals surface area contributed by atoms with Crippen LogP contribution < -0.4 is 5.73 Å². The summed E-state index contributed by atoms with van der Waals surface area (Å²) >= 11 is 0. The molecule has 82 valence electrons. The van der Waals surface area contributed by atoms with Gasteiger partial charge in [0.05, 0.1) is 10.1 Å². The lowest BCUT2D eigenvalue weighted by Crippen LogP contribution is -2.44. The van der Waals surface area contributed by atoms with Crippen molar-refractivity contribution in [1.82, 2.24) is 0 Å². The van der Waals surface area contributed by atoms with E-state index in [1.54, 1.807) is 18.2 Å². The van der Waals surface area contributed by atoms with Gasteiger partial charge < -0.3 is 5.73 Å². The fraction of sp³-hybridized carbons (Fsp3) is 0.455. The minimum absolute atomic E-state index is 0.0644. The van der Waals surface area contributed by atoms with Gasteiger partial charge in [0, 0.05) is 6.04 Å². The van der Waals surface area contributed by atoms with Crippen LogP contribution >= 0.6 is 0 Å². The monoisotopic (exact) mass is 225 g/mol. The summed E-state index contributed by atoms with van der Waals surface area (Å²) in [5.74, 6) is 0. The fourth-order valence-corrected chi connectivity index (χ4v) is 3.85. The Bertz CT molecular complexity index is 461. The molecule has 0 heterocycles. The Morgan fingerprint density at radius 1 is 1.33 bits per heavy atom. The molecule has 0 aromatic heterocycles. The first-order valence-electron chi connectivity index (χ1n) is 5.06. The second-order valence-electron chi connectivity index (χ2n) is 4.22. The molecule has 1 saturated carbocycles. The molecular formula is C11H15NO2S. The van der Waals surface area contributed by atoms with Gasteiger partial charge in [-0.1, -0.05) is 12.1 Å². The van der Waals surface area contributed by atoms with Crippen LogP contribution in [0.4, 0.5) is 0 Å². The molecule has 0 unspecified atom stereocenters. The maximum absolute atomic E-state index is 12.1. The quantitative estimate of drug-likeness (QED) is 0.824. The van der Waals surface area contributed by atoms with Crippen LogP contribution in [0.1, 0.15) is 18.4 Å². The summed E-state index contributed by atoms with van der Waals surface area (Å²) < 4.78 is 24.1. The Balaban J connectivity index is 2.30. The van der Waals surface area contributed by atoms with Gasteiger partial charge in [-0.3, -0.25) is 0 Å². The first kappa shape index (κ1) is 10.6. The van der Waals surface area contributed by atoms with Gasteiger partial charge in [-0.2, -0.15) is 0 Å². The zero-order valence-corrected chi connectivity index (χ0v) is 9.50. The third-order valence-corrected chi connectivity index (χ3v) is 5.06. The van der Waals surface area contributed by atoms with Crippen LogP contribution in [0.5, 0.6) is 0 Å². The van der Waals surface area contributed by atoms with E-state index in [1.165, 1.54) is 0 Å². The zero-order valence-electron chi connectivity index (χ0n) is 8.68. The molecule has 0 atom stereocenters. The van der Waals surface area contributed by atoms with E-state index in [4.69, 9.17) is 5.73 Å². The summed E-state index contributed by atoms with van der Waals surface area (Å²) in [6.07, 6.45) is 1.19. The summed E-state index contributed by atoms with van der Waals surface area (Å²) in [5, 5.41) is -0.269. The Morgan fingerprint density at radius 3 is 2.53 bits per heavy atom. The topological polar surface area (TPSA) is 60.2 Å². The normalized spacial score (nSPS) is 26.0. The molecule has 1 fully saturated rings. The van der Waals surface area contributed by atoms with E-state index < -0.39 is 9.84 Å². The zero-order chi connectivity index (χ0) is 11.1. The van der Waals surface area contributed by atoms with E-state index in [0.29, 0.717) is 17.7 Å². The Morgan fingerprint density at radius 2 is 2.00 bits per heavy atom. The van der Waals surface area contributed by atoms with Crippen LogP contribution in [-0.2, 0) is 9.84 Å². The molecule has 0 spiro atoms. The predicted molar refractivity (Wildman–Crippen MR) is 59.4 cm³/mol. The first-order valence-corrected chi connectivity index (χ1v) is 6.61. The van der Waals surface area contributed by atoms with Gasteiger partial charge >= 0.3 is 0 Å². The number of sulfone groups is 1. The van der Waals surface area contributed by atoms with E-state index in [-0.39, 0.29) is 11.3 Å². The summed E-state index contributed by atoms with van der Waals surface area (Å²) in [4.78, 5) is 0.430. The summed E-state index contributed by atoms with van der Waals surface area (Å²) in [5.41, 5.74) is 6.58. The van der Waals surface area contributed by atoms with Gasteiger partial charge in [0.15, 0.2) is 9.84 Å². The van der Waals surface area contributed by atoms with Crippen LogP contribution in [0.3, 0.4) is 0 Å². The number of benzene rings is 1. The summed E-state index contributed by atoms with van der Waals surface area (Å²) in [6.45, 7) is 1.89. The highest BCUT2D eigenvalue weighted by atomic mass is 32.2. The highest BCUT2D eigenvalue weighted by Gasteiger charge is 2.37. The molecule has 1 aliphatic rings.